The van der Waals surface area contributed by atoms with Crippen LogP contribution >= 0.6 is 11.8 Å². The van der Waals surface area contributed by atoms with Crippen molar-refractivity contribution in [3.63, 3.8) is 0 Å². The molecule has 0 N–H and O–H groups in total. The third-order valence-corrected chi connectivity index (χ3v) is 7.95. The van der Waals surface area contributed by atoms with Gasteiger partial charge in [0.1, 0.15) is 12.9 Å². The van der Waals surface area contributed by atoms with Crippen molar-refractivity contribution in [1.82, 2.24) is 0 Å². The van der Waals surface area contributed by atoms with E-state index < -0.39 is 0 Å². The van der Waals surface area contributed by atoms with Gasteiger partial charge in [-0.2, -0.15) is 0 Å². The molecule has 0 unspecified atom stereocenters. The molecule has 1 nitrogen and oxygen atoms in total. The van der Waals surface area contributed by atoms with E-state index in [1.807, 2.05) is 17.8 Å². The highest BCUT2D eigenvalue weighted by atomic mass is 32.2. The Morgan fingerprint density at radius 3 is 2.50 bits per heavy atom. The Bertz CT molecular complexity index is 1580. The molecule has 5 aromatic rings. The lowest BCUT2D eigenvalue weighted by Crippen LogP contribution is -2.32. The van der Waals surface area contributed by atoms with Crippen LogP contribution in [0.3, 0.4) is 0 Å². The number of benzene rings is 4. The molecule has 0 saturated carbocycles. The predicted molar refractivity (Wildman–Crippen MR) is 133 cm³/mol. The van der Waals surface area contributed by atoms with Crippen LogP contribution in [0.1, 0.15) is 25.0 Å². The van der Waals surface area contributed by atoms with Crippen LogP contribution in [0.25, 0.3) is 43.6 Å². The van der Waals surface area contributed by atoms with Crippen molar-refractivity contribution in [2.24, 2.45) is 13.0 Å². The summed E-state index contributed by atoms with van der Waals surface area (Å²) in [5.74, 6) is 0.379. The molecule has 0 amide bonds. The summed E-state index contributed by atoms with van der Waals surface area (Å²) in [6, 6.07) is 18.4. The second kappa shape index (κ2) is 7.05. The number of aryl methyl sites for hydroxylation is 2. The van der Waals surface area contributed by atoms with E-state index in [2.05, 4.69) is 75.0 Å². The topological polar surface area (TPSA) is 3.88 Å². The highest BCUT2D eigenvalue weighted by Gasteiger charge is 2.32. The molecule has 1 aliphatic heterocycles. The van der Waals surface area contributed by atoms with Crippen LogP contribution in [0, 0.1) is 18.7 Å². The van der Waals surface area contributed by atoms with Gasteiger partial charge in [0.05, 0.1) is 10.9 Å². The third kappa shape index (κ3) is 2.74. The molecule has 4 aromatic carbocycles. The molecule has 0 spiro atoms. The number of hydrogen-bond acceptors (Lipinski definition) is 1. The molecule has 0 aliphatic carbocycles. The van der Waals surface area contributed by atoms with Gasteiger partial charge in [0.15, 0.2) is 6.20 Å². The molecule has 158 valence electrons. The Morgan fingerprint density at radius 2 is 1.72 bits per heavy atom. The molecular formula is C29H25FNS+. The minimum absolute atomic E-state index is 0.187. The molecule has 0 atom stereocenters. The average molecular weight is 439 g/mol. The lowest BCUT2D eigenvalue weighted by atomic mass is 9.88. The molecule has 32 heavy (non-hydrogen) atoms. The van der Waals surface area contributed by atoms with Crippen LogP contribution in [-0.4, -0.2) is 0 Å². The van der Waals surface area contributed by atoms with Gasteiger partial charge in [-0.25, -0.2) is 8.96 Å². The van der Waals surface area contributed by atoms with E-state index in [1.165, 1.54) is 48.3 Å². The molecule has 3 heteroatoms. The minimum atomic E-state index is -0.187. The largest absolute Gasteiger partial charge is 0.222 e. The van der Waals surface area contributed by atoms with Gasteiger partial charge in [0.2, 0.25) is 5.69 Å². The number of hydrogen-bond donors (Lipinski definition) is 0. The van der Waals surface area contributed by atoms with E-state index in [0.29, 0.717) is 5.92 Å². The van der Waals surface area contributed by atoms with Gasteiger partial charge in [-0.1, -0.05) is 55.9 Å². The third-order valence-electron chi connectivity index (χ3n) is 6.76. The van der Waals surface area contributed by atoms with Crippen LogP contribution in [0.2, 0.25) is 0 Å². The van der Waals surface area contributed by atoms with E-state index in [1.54, 1.807) is 12.1 Å². The summed E-state index contributed by atoms with van der Waals surface area (Å²) >= 11 is 1.89. The molecule has 0 radical (unpaired) electrons. The summed E-state index contributed by atoms with van der Waals surface area (Å²) in [6.07, 6.45) is 3.17. The molecule has 1 aliphatic rings. The first-order valence-electron chi connectivity index (χ1n) is 11.2. The quantitative estimate of drug-likeness (QED) is 0.197. The SMILES string of the molecule is Cc1c2c(c(CC(C)C)c3ccccc13)Sc1cc3ccc(F)cc3c3cc[n+](C)c-2c13. The maximum Gasteiger partial charge on any atom is 0.222 e. The monoisotopic (exact) mass is 438 g/mol. The fraction of sp³-hybridized carbons (Fsp3) is 0.207. The number of pyridine rings is 1. The maximum atomic E-state index is 14.2. The summed E-state index contributed by atoms with van der Waals surface area (Å²) in [5, 5.41) is 7.13. The van der Waals surface area contributed by atoms with Gasteiger partial charge >= 0.3 is 0 Å². The summed E-state index contributed by atoms with van der Waals surface area (Å²) in [5.41, 5.74) is 5.35. The van der Waals surface area contributed by atoms with Gasteiger partial charge in [-0.3, -0.25) is 0 Å². The Hall–Kier alpha value is -2.91. The van der Waals surface area contributed by atoms with Gasteiger partial charge < -0.3 is 0 Å². The van der Waals surface area contributed by atoms with Crippen LogP contribution in [0.5, 0.6) is 0 Å². The molecular weight excluding hydrogens is 413 g/mol. The van der Waals surface area contributed by atoms with E-state index in [4.69, 9.17) is 0 Å². The van der Waals surface area contributed by atoms with Gasteiger partial charge in [0, 0.05) is 21.2 Å². The molecule has 6 rings (SSSR count). The Kier molecular flexibility index (Phi) is 4.35. The van der Waals surface area contributed by atoms with Crippen molar-refractivity contribution >= 4 is 44.1 Å². The average Bonchev–Trinajstić information content (AvgIpc) is 2.78. The highest BCUT2D eigenvalue weighted by molar-refractivity contribution is 8.00. The normalized spacial score (nSPS) is 12.8. The molecule has 2 heterocycles. The first-order chi connectivity index (χ1) is 15.4. The molecule has 0 fully saturated rings. The predicted octanol–water partition coefficient (Wildman–Crippen LogP) is 7.75. The van der Waals surface area contributed by atoms with Crippen molar-refractivity contribution in [2.45, 2.75) is 37.0 Å². The Balaban J connectivity index is 1.83. The second-order valence-electron chi connectivity index (χ2n) is 9.36. The summed E-state index contributed by atoms with van der Waals surface area (Å²) in [4.78, 5) is 2.64. The van der Waals surface area contributed by atoms with Crippen LogP contribution in [0.15, 0.2) is 70.6 Å². The van der Waals surface area contributed by atoms with Crippen molar-refractivity contribution < 1.29 is 8.96 Å². The number of fused-ring (bicyclic) bond motifs is 5. The maximum absolute atomic E-state index is 14.2. The molecule has 0 saturated heterocycles. The van der Waals surface area contributed by atoms with Gasteiger partial charge in [-0.15, -0.1) is 0 Å². The van der Waals surface area contributed by atoms with Crippen molar-refractivity contribution in [3.05, 3.63) is 77.7 Å². The molecule has 0 bridgehead atoms. The summed E-state index contributed by atoms with van der Waals surface area (Å²) in [7, 11) is 2.13. The van der Waals surface area contributed by atoms with Crippen LogP contribution in [-0.2, 0) is 13.5 Å². The van der Waals surface area contributed by atoms with Gasteiger partial charge in [-0.05, 0) is 70.1 Å². The first kappa shape index (κ1) is 19.8. The lowest BCUT2D eigenvalue weighted by molar-refractivity contribution is -0.659. The number of halogens is 1. The second-order valence-corrected chi connectivity index (χ2v) is 10.4. The Morgan fingerprint density at radius 1 is 0.938 bits per heavy atom. The lowest BCUT2D eigenvalue weighted by Gasteiger charge is -2.25. The summed E-state index contributed by atoms with van der Waals surface area (Å²) in [6.45, 7) is 6.85. The number of nitrogens with zero attached hydrogens (tertiary/aromatic N) is 1. The Labute approximate surface area is 191 Å². The number of aromatic nitrogens is 1. The van der Waals surface area contributed by atoms with E-state index in [0.717, 1.165) is 22.6 Å². The van der Waals surface area contributed by atoms with E-state index in [-0.39, 0.29) is 5.82 Å². The van der Waals surface area contributed by atoms with Gasteiger partial charge in [0.25, 0.3) is 0 Å². The molecule has 1 aromatic heterocycles. The van der Waals surface area contributed by atoms with Crippen molar-refractivity contribution in [3.8, 4) is 11.3 Å². The smallest absolute Gasteiger partial charge is 0.207 e. The zero-order chi connectivity index (χ0) is 22.1. The zero-order valence-electron chi connectivity index (χ0n) is 18.8. The van der Waals surface area contributed by atoms with Crippen molar-refractivity contribution in [2.75, 3.05) is 0 Å². The fourth-order valence-electron chi connectivity index (χ4n) is 5.37. The van der Waals surface area contributed by atoms with Crippen molar-refractivity contribution in [1.29, 1.82) is 0 Å². The summed E-state index contributed by atoms with van der Waals surface area (Å²) < 4.78 is 16.4. The standard InChI is InChI=1S/C29H25FNS/c1-16(2)13-24-21-8-6-5-7-20(21)17(3)26-28-27-22(11-12-31(28)4)23-15-19(30)10-9-18(23)14-25(27)32-29(24)26/h5-12,14-16H,13H2,1-4H3/q+1. The van der Waals surface area contributed by atoms with E-state index in [9.17, 15) is 4.39 Å². The fourth-order valence-corrected chi connectivity index (χ4v) is 6.76. The van der Waals surface area contributed by atoms with Crippen LogP contribution < -0.4 is 4.57 Å². The highest BCUT2D eigenvalue weighted by Crippen LogP contribution is 2.52. The first-order valence-corrected chi connectivity index (χ1v) is 12.0. The minimum Gasteiger partial charge on any atom is -0.207 e. The number of rotatable bonds is 2. The zero-order valence-corrected chi connectivity index (χ0v) is 19.6. The van der Waals surface area contributed by atoms with E-state index >= 15 is 0 Å². The van der Waals surface area contributed by atoms with Crippen LogP contribution in [0.4, 0.5) is 4.39 Å².